The summed E-state index contributed by atoms with van der Waals surface area (Å²) in [5, 5.41) is 3.96. The minimum Gasteiger partial charge on any atom is -0.374 e. The number of nitrogens with zero attached hydrogens (tertiary/aromatic N) is 2. The number of anilines is 1. The molecule has 2 fully saturated rings. The SMILES string of the molecule is Clc1cnc(NC2CCOC3(CCSC3)C2)nc1. The molecule has 1 N–H and O–H groups in total. The van der Waals surface area contributed by atoms with E-state index in [2.05, 4.69) is 15.3 Å². The zero-order valence-corrected chi connectivity index (χ0v) is 11.6. The first kappa shape index (κ1) is 12.5. The fourth-order valence-electron chi connectivity index (χ4n) is 2.58. The van der Waals surface area contributed by atoms with E-state index in [1.165, 1.54) is 5.75 Å². The van der Waals surface area contributed by atoms with Crippen molar-refractivity contribution in [3.63, 3.8) is 0 Å². The van der Waals surface area contributed by atoms with E-state index in [0.29, 0.717) is 17.0 Å². The molecule has 4 nitrogen and oxygen atoms in total. The van der Waals surface area contributed by atoms with E-state index in [1.807, 2.05) is 11.8 Å². The standard InChI is InChI=1S/C12H16ClN3OS/c13-9-6-14-11(15-7-9)16-10-1-3-17-12(5-10)2-4-18-8-12/h6-7,10H,1-5,8H2,(H,14,15,16). The number of aromatic nitrogens is 2. The minimum absolute atomic E-state index is 0.0903. The summed E-state index contributed by atoms with van der Waals surface area (Å²) in [5.74, 6) is 2.99. The van der Waals surface area contributed by atoms with Crippen LogP contribution in [0.2, 0.25) is 5.02 Å². The number of thioether (sulfide) groups is 1. The van der Waals surface area contributed by atoms with Crippen molar-refractivity contribution in [3.8, 4) is 0 Å². The van der Waals surface area contributed by atoms with Crippen LogP contribution in [0.25, 0.3) is 0 Å². The number of hydrogen-bond acceptors (Lipinski definition) is 5. The van der Waals surface area contributed by atoms with Crippen LogP contribution >= 0.6 is 23.4 Å². The summed E-state index contributed by atoms with van der Waals surface area (Å²) in [6, 6.07) is 0.402. The molecule has 0 aromatic carbocycles. The normalized spacial score (nSPS) is 31.7. The largest absolute Gasteiger partial charge is 0.374 e. The summed E-state index contributed by atoms with van der Waals surface area (Å²) < 4.78 is 5.99. The number of nitrogens with one attached hydrogen (secondary N) is 1. The first-order valence-corrected chi connectivity index (χ1v) is 7.75. The predicted octanol–water partition coefficient (Wildman–Crippen LogP) is 2.60. The lowest BCUT2D eigenvalue weighted by molar-refractivity contribution is -0.0628. The van der Waals surface area contributed by atoms with E-state index in [1.54, 1.807) is 12.4 Å². The smallest absolute Gasteiger partial charge is 0.222 e. The second-order valence-corrected chi connectivity index (χ2v) is 6.43. The topological polar surface area (TPSA) is 47.0 Å². The van der Waals surface area contributed by atoms with Crippen LogP contribution < -0.4 is 5.32 Å². The van der Waals surface area contributed by atoms with Crippen molar-refractivity contribution in [2.45, 2.75) is 30.9 Å². The highest BCUT2D eigenvalue weighted by Crippen LogP contribution is 2.38. The third-order valence-electron chi connectivity index (χ3n) is 3.51. The van der Waals surface area contributed by atoms with Gasteiger partial charge < -0.3 is 10.1 Å². The van der Waals surface area contributed by atoms with Gasteiger partial charge in [0.2, 0.25) is 5.95 Å². The van der Waals surface area contributed by atoms with E-state index < -0.39 is 0 Å². The average molecular weight is 286 g/mol. The quantitative estimate of drug-likeness (QED) is 0.905. The highest BCUT2D eigenvalue weighted by atomic mass is 35.5. The van der Waals surface area contributed by atoms with Crippen LogP contribution in [0.4, 0.5) is 5.95 Å². The molecule has 0 bridgehead atoms. The second kappa shape index (κ2) is 5.23. The summed E-state index contributed by atoms with van der Waals surface area (Å²) in [7, 11) is 0. The predicted molar refractivity (Wildman–Crippen MR) is 74.3 cm³/mol. The molecule has 3 heterocycles. The van der Waals surface area contributed by atoms with Crippen molar-refractivity contribution in [1.82, 2.24) is 9.97 Å². The zero-order chi connectivity index (χ0) is 12.4. The molecular formula is C12H16ClN3OS. The second-order valence-electron chi connectivity index (χ2n) is 4.89. The van der Waals surface area contributed by atoms with Crippen molar-refractivity contribution in [2.24, 2.45) is 0 Å². The number of halogens is 1. The fourth-order valence-corrected chi connectivity index (χ4v) is 4.06. The number of hydrogen-bond donors (Lipinski definition) is 1. The van der Waals surface area contributed by atoms with Gasteiger partial charge in [-0.3, -0.25) is 0 Å². The minimum atomic E-state index is 0.0903. The molecule has 0 saturated carbocycles. The Morgan fingerprint density at radius 1 is 1.44 bits per heavy atom. The summed E-state index contributed by atoms with van der Waals surface area (Å²) in [4.78, 5) is 8.37. The molecule has 0 radical (unpaired) electrons. The van der Waals surface area contributed by atoms with Gasteiger partial charge in [0.1, 0.15) is 0 Å². The zero-order valence-electron chi connectivity index (χ0n) is 10.1. The van der Waals surface area contributed by atoms with Crippen molar-refractivity contribution in [2.75, 3.05) is 23.4 Å². The number of ether oxygens (including phenoxy) is 1. The lowest BCUT2D eigenvalue weighted by Crippen LogP contribution is -2.44. The van der Waals surface area contributed by atoms with Crippen molar-refractivity contribution >= 4 is 29.3 Å². The van der Waals surface area contributed by atoms with Gasteiger partial charge in [-0.15, -0.1) is 0 Å². The summed E-state index contributed by atoms with van der Waals surface area (Å²) in [5.41, 5.74) is 0.0903. The van der Waals surface area contributed by atoms with Crippen LogP contribution in [0, 0.1) is 0 Å². The van der Waals surface area contributed by atoms with Crippen molar-refractivity contribution in [1.29, 1.82) is 0 Å². The Kier molecular flexibility index (Phi) is 3.63. The van der Waals surface area contributed by atoms with Gasteiger partial charge in [-0.25, -0.2) is 9.97 Å². The van der Waals surface area contributed by atoms with Gasteiger partial charge in [-0.1, -0.05) is 11.6 Å². The van der Waals surface area contributed by atoms with Crippen LogP contribution in [0.15, 0.2) is 12.4 Å². The number of rotatable bonds is 2. The highest BCUT2D eigenvalue weighted by molar-refractivity contribution is 7.99. The van der Waals surface area contributed by atoms with E-state index in [4.69, 9.17) is 16.3 Å². The molecule has 1 aromatic rings. The van der Waals surface area contributed by atoms with Gasteiger partial charge in [-0.2, -0.15) is 11.8 Å². The third-order valence-corrected chi connectivity index (χ3v) is 4.93. The van der Waals surface area contributed by atoms with Gasteiger partial charge in [0.25, 0.3) is 0 Å². The van der Waals surface area contributed by atoms with Gasteiger partial charge in [0.05, 0.1) is 23.0 Å². The third kappa shape index (κ3) is 2.73. The van der Waals surface area contributed by atoms with E-state index in [0.717, 1.165) is 31.6 Å². The van der Waals surface area contributed by atoms with Crippen molar-refractivity contribution < 1.29 is 4.74 Å². The Morgan fingerprint density at radius 3 is 3.00 bits per heavy atom. The Morgan fingerprint density at radius 2 is 2.28 bits per heavy atom. The summed E-state index contributed by atoms with van der Waals surface area (Å²) >= 11 is 7.77. The Labute approximate surface area is 116 Å². The molecule has 1 aromatic heterocycles. The molecule has 1 spiro atoms. The molecule has 3 rings (SSSR count). The maximum Gasteiger partial charge on any atom is 0.222 e. The van der Waals surface area contributed by atoms with Crippen molar-refractivity contribution in [3.05, 3.63) is 17.4 Å². The molecule has 6 heteroatoms. The van der Waals surface area contributed by atoms with Gasteiger partial charge in [-0.05, 0) is 25.0 Å². The first-order valence-electron chi connectivity index (χ1n) is 6.22. The van der Waals surface area contributed by atoms with Gasteiger partial charge in [0.15, 0.2) is 0 Å². The lowest BCUT2D eigenvalue weighted by atomic mass is 9.90. The molecule has 2 saturated heterocycles. The highest BCUT2D eigenvalue weighted by Gasteiger charge is 2.40. The molecular weight excluding hydrogens is 270 g/mol. The Bertz CT molecular complexity index is 408. The van der Waals surface area contributed by atoms with Crippen LogP contribution in [0.3, 0.4) is 0 Å². The van der Waals surface area contributed by atoms with E-state index in [9.17, 15) is 0 Å². The monoisotopic (exact) mass is 285 g/mol. The Hall–Kier alpha value is -0.520. The van der Waals surface area contributed by atoms with Crippen LogP contribution in [0.1, 0.15) is 19.3 Å². The molecule has 2 aliphatic heterocycles. The lowest BCUT2D eigenvalue weighted by Gasteiger charge is -2.37. The van der Waals surface area contributed by atoms with E-state index >= 15 is 0 Å². The van der Waals surface area contributed by atoms with Gasteiger partial charge in [0, 0.05) is 18.4 Å². The van der Waals surface area contributed by atoms with E-state index in [-0.39, 0.29) is 5.60 Å². The maximum atomic E-state index is 5.99. The summed E-state index contributed by atoms with van der Waals surface area (Å²) in [6.07, 6.45) is 6.47. The average Bonchev–Trinajstić information content (AvgIpc) is 2.80. The molecule has 2 unspecified atom stereocenters. The Balaban J connectivity index is 1.64. The molecule has 0 amide bonds. The van der Waals surface area contributed by atoms with Crippen LogP contribution in [0.5, 0.6) is 0 Å². The molecule has 2 atom stereocenters. The van der Waals surface area contributed by atoms with Crippen LogP contribution in [-0.2, 0) is 4.74 Å². The molecule has 0 aliphatic carbocycles. The van der Waals surface area contributed by atoms with Crippen LogP contribution in [-0.4, -0.2) is 39.7 Å². The van der Waals surface area contributed by atoms with Gasteiger partial charge >= 0.3 is 0 Å². The summed E-state index contributed by atoms with van der Waals surface area (Å²) in [6.45, 7) is 0.825. The molecule has 18 heavy (non-hydrogen) atoms. The fraction of sp³-hybridized carbons (Fsp3) is 0.667. The molecule has 2 aliphatic rings. The maximum absolute atomic E-state index is 5.99. The molecule has 98 valence electrons. The first-order chi connectivity index (χ1) is 8.76.